The van der Waals surface area contributed by atoms with Crippen LogP contribution in [-0.4, -0.2) is 4.92 Å². The second-order valence-corrected chi connectivity index (χ2v) is 2.76. The van der Waals surface area contributed by atoms with Crippen molar-refractivity contribution in [2.24, 2.45) is 5.73 Å². The van der Waals surface area contributed by atoms with Gasteiger partial charge in [-0.25, -0.2) is 0 Å². The normalized spacial score (nSPS) is 11.6. The molecule has 0 unspecified atom stereocenters. The molecule has 0 aliphatic heterocycles. The highest BCUT2D eigenvalue weighted by Crippen LogP contribution is 2.21. The molecular weight excluding hydrogens is 211 g/mol. The van der Waals surface area contributed by atoms with Crippen LogP contribution >= 0.6 is 12.4 Å². The first-order chi connectivity index (χ1) is 6.02. The van der Waals surface area contributed by atoms with E-state index in [2.05, 4.69) is 0 Å². The fraction of sp³-hybridized carbons (Fsp3) is 0.250. The van der Waals surface area contributed by atoms with E-state index in [-0.39, 0.29) is 18.4 Å². The van der Waals surface area contributed by atoms with E-state index in [9.17, 15) is 14.5 Å². The average molecular weight is 221 g/mol. The van der Waals surface area contributed by atoms with Crippen molar-refractivity contribution in [3.05, 3.63) is 39.7 Å². The fourth-order valence-electron chi connectivity index (χ4n) is 0.953. The summed E-state index contributed by atoms with van der Waals surface area (Å²) in [5.41, 5.74) is 5.50. The quantitative estimate of drug-likeness (QED) is 0.614. The molecule has 0 heterocycles. The predicted octanol–water partition coefficient (Wildman–Crippen LogP) is 2.18. The first kappa shape index (κ1) is 12.8. The number of halogens is 2. The minimum Gasteiger partial charge on any atom is -0.324 e. The molecule has 6 heteroatoms. The molecule has 0 aliphatic carbocycles. The topological polar surface area (TPSA) is 69.2 Å². The highest BCUT2D eigenvalue weighted by Gasteiger charge is 2.15. The zero-order valence-corrected chi connectivity index (χ0v) is 8.25. The molecule has 78 valence electrons. The van der Waals surface area contributed by atoms with Gasteiger partial charge in [0.2, 0.25) is 5.82 Å². The monoisotopic (exact) mass is 220 g/mol. The molecule has 1 rings (SSSR count). The third-order valence-electron chi connectivity index (χ3n) is 1.69. The van der Waals surface area contributed by atoms with Crippen LogP contribution in [0.4, 0.5) is 10.1 Å². The van der Waals surface area contributed by atoms with Crippen molar-refractivity contribution in [3.8, 4) is 0 Å². The van der Waals surface area contributed by atoms with Gasteiger partial charge < -0.3 is 5.73 Å². The van der Waals surface area contributed by atoms with Crippen LogP contribution in [0.15, 0.2) is 18.2 Å². The molecule has 14 heavy (non-hydrogen) atoms. The summed E-state index contributed by atoms with van der Waals surface area (Å²) in [6, 6.07) is 3.31. The lowest BCUT2D eigenvalue weighted by atomic mass is 10.1. The molecule has 0 bridgehead atoms. The van der Waals surface area contributed by atoms with Gasteiger partial charge in [-0.05, 0) is 18.6 Å². The third kappa shape index (κ3) is 2.65. The maximum absolute atomic E-state index is 12.8. The van der Waals surface area contributed by atoms with E-state index in [0.29, 0.717) is 5.56 Å². The summed E-state index contributed by atoms with van der Waals surface area (Å²) >= 11 is 0. The van der Waals surface area contributed by atoms with Gasteiger partial charge >= 0.3 is 5.69 Å². The maximum Gasteiger partial charge on any atom is 0.305 e. The summed E-state index contributed by atoms with van der Waals surface area (Å²) < 4.78 is 12.8. The molecule has 2 N–H and O–H groups in total. The summed E-state index contributed by atoms with van der Waals surface area (Å²) in [5.74, 6) is -0.839. The Morgan fingerprint density at radius 3 is 2.57 bits per heavy atom. The molecule has 0 aromatic heterocycles. The SMILES string of the molecule is C[C@@H](N)c1ccc(F)c([N+](=O)[O-])c1.Cl. The van der Waals surface area contributed by atoms with Gasteiger partial charge in [-0.1, -0.05) is 6.07 Å². The molecule has 0 saturated carbocycles. The molecule has 0 aliphatic rings. The molecule has 0 spiro atoms. The van der Waals surface area contributed by atoms with Gasteiger partial charge in [0.15, 0.2) is 0 Å². The molecule has 4 nitrogen and oxygen atoms in total. The van der Waals surface area contributed by atoms with Crippen molar-refractivity contribution in [1.82, 2.24) is 0 Å². The Bertz CT molecular complexity index is 344. The zero-order valence-electron chi connectivity index (χ0n) is 7.44. The van der Waals surface area contributed by atoms with Crippen LogP contribution in [0.1, 0.15) is 18.5 Å². The number of nitrogens with zero attached hydrogens (tertiary/aromatic N) is 1. The van der Waals surface area contributed by atoms with Crippen LogP contribution in [0.5, 0.6) is 0 Å². The van der Waals surface area contributed by atoms with Crippen LogP contribution in [-0.2, 0) is 0 Å². The van der Waals surface area contributed by atoms with E-state index in [0.717, 1.165) is 12.1 Å². The molecule has 1 atom stereocenters. The van der Waals surface area contributed by atoms with Crippen molar-refractivity contribution in [1.29, 1.82) is 0 Å². The van der Waals surface area contributed by atoms with E-state index < -0.39 is 16.4 Å². The lowest BCUT2D eigenvalue weighted by molar-refractivity contribution is -0.387. The van der Waals surface area contributed by atoms with Crippen LogP contribution in [0.3, 0.4) is 0 Å². The van der Waals surface area contributed by atoms with Gasteiger partial charge in [0, 0.05) is 12.1 Å². The Kier molecular flexibility index (Phi) is 4.46. The molecular formula is C8H10ClFN2O2. The summed E-state index contributed by atoms with van der Waals surface area (Å²) in [6.07, 6.45) is 0. The second-order valence-electron chi connectivity index (χ2n) is 2.76. The lowest BCUT2D eigenvalue weighted by Crippen LogP contribution is -2.05. The zero-order chi connectivity index (χ0) is 10.0. The Balaban J connectivity index is 0.00000169. The van der Waals surface area contributed by atoms with E-state index in [1.54, 1.807) is 6.92 Å². The number of nitro benzene ring substituents is 1. The molecule has 0 amide bonds. The molecule has 1 aromatic carbocycles. The van der Waals surface area contributed by atoms with Gasteiger partial charge in [0.1, 0.15) is 0 Å². The van der Waals surface area contributed by atoms with Crippen molar-refractivity contribution < 1.29 is 9.31 Å². The number of rotatable bonds is 2. The smallest absolute Gasteiger partial charge is 0.305 e. The first-order valence-corrected chi connectivity index (χ1v) is 3.72. The van der Waals surface area contributed by atoms with Crippen molar-refractivity contribution in [2.75, 3.05) is 0 Å². The Morgan fingerprint density at radius 2 is 2.14 bits per heavy atom. The van der Waals surface area contributed by atoms with Crippen LogP contribution < -0.4 is 5.73 Å². The van der Waals surface area contributed by atoms with Crippen LogP contribution in [0.2, 0.25) is 0 Å². The largest absolute Gasteiger partial charge is 0.324 e. The summed E-state index contributed by atoms with van der Waals surface area (Å²) in [6.45, 7) is 1.68. The minimum atomic E-state index is -0.839. The van der Waals surface area contributed by atoms with Crippen molar-refractivity contribution in [3.63, 3.8) is 0 Å². The Labute approximate surface area is 86.5 Å². The van der Waals surface area contributed by atoms with Gasteiger partial charge in [-0.15, -0.1) is 12.4 Å². The number of nitrogens with two attached hydrogens (primary N) is 1. The number of benzene rings is 1. The number of hydrogen-bond donors (Lipinski definition) is 1. The maximum atomic E-state index is 12.8. The van der Waals surface area contributed by atoms with Gasteiger partial charge in [0.05, 0.1) is 4.92 Å². The third-order valence-corrected chi connectivity index (χ3v) is 1.69. The number of hydrogen-bond acceptors (Lipinski definition) is 3. The lowest BCUT2D eigenvalue weighted by Gasteiger charge is -2.04. The van der Waals surface area contributed by atoms with E-state index in [1.807, 2.05) is 0 Å². The van der Waals surface area contributed by atoms with Crippen molar-refractivity contribution >= 4 is 18.1 Å². The molecule has 0 radical (unpaired) electrons. The number of nitro groups is 1. The Morgan fingerprint density at radius 1 is 1.57 bits per heavy atom. The summed E-state index contributed by atoms with van der Waals surface area (Å²) in [4.78, 5) is 9.56. The summed E-state index contributed by atoms with van der Waals surface area (Å²) in [5, 5.41) is 10.3. The molecule has 0 fully saturated rings. The molecule has 1 aromatic rings. The van der Waals surface area contributed by atoms with E-state index >= 15 is 0 Å². The van der Waals surface area contributed by atoms with Crippen LogP contribution in [0.25, 0.3) is 0 Å². The predicted molar refractivity (Wildman–Crippen MR) is 52.9 cm³/mol. The van der Waals surface area contributed by atoms with Gasteiger partial charge in [0.25, 0.3) is 0 Å². The Hall–Kier alpha value is -1.20. The van der Waals surface area contributed by atoms with Gasteiger partial charge in [-0.2, -0.15) is 4.39 Å². The van der Waals surface area contributed by atoms with E-state index in [4.69, 9.17) is 5.73 Å². The van der Waals surface area contributed by atoms with Crippen LogP contribution in [0, 0.1) is 15.9 Å². The average Bonchev–Trinajstić information content (AvgIpc) is 2.04. The first-order valence-electron chi connectivity index (χ1n) is 3.72. The highest BCUT2D eigenvalue weighted by molar-refractivity contribution is 5.85. The van der Waals surface area contributed by atoms with Crippen molar-refractivity contribution in [2.45, 2.75) is 13.0 Å². The van der Waals surface area contributed by atoms with E-state index in [1.165, 1.54) is 6.07 Å². The minimum absolute atomic E-state index is 0. The molecule has 0 saturated heterocycles. The standard InChI is InChI=1S/C8H9FN2O2.ClH/c1-5(10)6-2-3-7(9)8(4-6)11(12)13;/h2-5H,10H2,1H3;1H/t5-;/m1./s1. The fourth-order valence-corrected chi connectivity index (χ4v) is 0.953. The highest BCUT2D eigenvalue weighted by atomic mass is 35.5. The van der Waals surface area contributed by atoms with Gasteiger partial charge in [-0.3, -0.25) is 10.1 Å². The summed E-state index contributed by atoms with van der Waals surface area (Å²) in [7, 11) is 0. The second kappa shape index (κ2) is 4.88.